The number of nitrogens with zero attached hydrogens (tertiary/aromatic N) is 1. The van der Waals surface area contributed by atoms with Crippen molar-refractivity contribution in [2.45, 2.75) is 19.3 Å². The summed E-state index contributed by atoms with van der Waals surface area (Å²) in [5, 5.41) is 3.00. The quantitative estimate of drug-likeness (QED) is 0.726. The van der Waals surface area contributed by atoms with Crippen LogP contribution in [0.25, 0.3) is 0 Å². The third kappa shape index (κ3) is 2.97. The monoisotopic (exact) mass is 287 g/mol. The predicted octanol–water partition coefficient (Wildman–Crippen LogP) is 0.608. The summed E-state index contributed by atoms with van der Waals surface area (Å²) in [5.74, 6) is 2.43. The van der Waals surface area contributed by atoms with Gasteiger partial charge < -0.3 is 11.1 Å². The largest absolute Gasteiger partial charge is 0.392 e. The van der Waals surface area contributed by atoms with Crippen LogP contribution in [-0.2, 0) is 4.79 Å². The van der Waals surface area contributed by atoms with Crippen LogP contribution >= 0.6 is 24.0 Å². The molecule has 18 heavy (non-hydrogen) atoms. The summed E-state index contributed by atoms with van der Waals surface area (Å²) < 4.78 is 0. The normalized spacial score (nSPS) is 23.1. The number of nitrogens with two attached hydrogens (primary N) is 1. The highest BCUT2D eigenvalue weighted by Gasteiger charge is 2.46. The highest BCUT2D eigenvalue weighted by molar-refractivity contribution is 7.99. The van der Waals surface area contributed by atoms with Crippen LogP contribution in [0.4, 0.5) is 0 Å². The molecule has 0 radical (unpaired) electrons. The van der Waals surface area contributed by atoms with E-state index < -0.39 is 5.41 Å². The van der Waals surface area contributed by atoms with Crippen molar-refractivity contribution in [2.75, 3.05) is 37.7 Å². The molecular weight excluding hydrogens is 266 g/mol. The lowest BCUT2D eigenvalue weighted by Crippen LogP contribution is -2.54. The van der Waals surface area contributed by atoms with Crippen LogP contribution in [0.5, 0.6) is 0 Å². The van der Waals surface area contributed by atoms with E-state index in [4.69, 9.17) is 18.0 Å². The van der Waals surface area contributed by atoms with E-state index >= 15 is 0 Å². The van der Waals surface area contributed by atoms with E-state index in [0.717, 1.165) is 38.9 Å². The molecule has 1 saturated heterocycles. The topological polar surface area (TPSA) is 58.4 Å². The molecule has 0 aromatic rings. The van der Waals surface area contributed by atoms with Crippen LogP contribution in [-0.4, -0.2) is 53.5 Å². The number of rotatable bonds is 5. The Hall–Kier alpha value is -0.330. The van der Waals surface area contributed by atoms with Gasteiger partial charge in [-0.2, -0.15) is 11.8 Å². The Kier molecular flexibility index (Phi) is 4.86. The molecule has 0 spiro atoms. The molecule has 2 fully saturated rings. The molecule has 0 aromatic carbocycles. The first-order valence-electron chi connectivity index (χ1n) is 6.53. The minimum Gasteiger partial charge on any atom is -0.392 e. The lowest BCUT2D eigenvalue weighted by Gasteiger charge is -2.39. The van der Waals surface area contributed by atoms with Crippen molar-refractivity contribution >= 4 is 34.9 Å². The zero-order valence-electron chi connectivity index (χ0n) is 10.6. The first kappa shape index (κ1) is 14.1. The average Bonchev–Trinajstić information content (AvgIpc) is 2.28. The maximum absolute atomic E-state index is 12.1. The second-order valence-corrected chi connectivity index (χ2v) is 6.67. The molecule has 0 bridgehead atoms. The van der Waals surface area contributed by atoms with Crippen LogP contribution in [0.2, 0.25) is 0 Å². The third-order valence-corrected chi connectivity index (χ3v) is 5.26. The molecule has 2 rings (SSSR count). The van der Waals surface area contributed by atoms with Gasteiger partial charge in [0.05, 0.1) is 10.4 Å². The smallest absolute Gasteiger partial charge is 0.233 e. The Balaban J connectivity index is 1.72. The highest BCUT2D eigenvalue weighted by atomic mass is 32.2. The van der Waals surface area contributed by atoms with Gasteiger partial charge in [-0.3, -0.25) is 9.69 Å². The number of thioether (sulfide) groups is 1. The Bertz CT molecular complexity index is 325. The molecule has 0 aromatic heterocycles. The molecule has 1 aliphatic heterocycles. The lowest BCUT2D eigenvalue weighted by atomic mass is 9.68. The summed E-state index contributed by atoms with van der Waals surface area (Å²) in [6.07, 6.45) is 2.68. The maximum Gasteiger partial charge on any atom is 0.233 e. The number of amides is 1. The second kappa shape index (κ2) is 6.21. The number of nitrogens with one attached hydrogen (secondary N) is 1. The summed E-state index contributed by atoms with van der Waals surface area (Å²) in [4.78, 5) is 14.9. The summed E-state index contributed by atoms with van der Waals surface area (Å²) >= 11 is 7.03. The standard InChI is InChI=1S/C12H21N3OS2/c13-10(17)12(2-1-3-12)11(16)14-4-5-15-6-8-18-9-7-15/h1-9H2,(H2,13,17)(H,14,16). The van der Waals surface area contributed by atoms with E-state index in [2.05, 4.69) is 10.2 Å². The van der Waals surface area contributed by atoms with Crippen LogP contribution in [0, 0.1) is 5.41 Å². The van der Waals surface area contributed by atoms with Gasteiger partial charge in [0.1, 0.15) is 0 Å². The summed E-state index contributed by atoms with van der Waals surface area (Å²) in [7, 11) is 0. The average molecular weight is 287 g/mol. The summed E-state index contributed by atoms with van der Waals surface area (Å²) in [6.45, 7) is 3.88. The van der Waals surface area contributed by atoms with Crippen LogP contribution in [0.3, 0.4) is 0 Å². The van der Waals surface area contributed by atoms with Crippen molar-refractivity contribution in [3.63, 3.8) is 0 Å². The van der Waals surface area contributed by atoms with Gasteiger partial charge in [-0.15, -0.1) is 0 Å². The van der Waals surface area contributed by atoms with E-state index in [-0.39, 0.29) is 5.91 Å². The van der Waals surface area contributed by atoms with E-state index in [1.807, 2.05) is 11.8 Å². The van der Waals surface area contributed by atoms with Gasteiger partial charge >= 0.3 is 0 Å². The van der Waals surface area contributed by atoms with Crippen molar-refractivity contribution in [3.05, 3.63) is 0 Å². The molecule has 0 unspecified atom stereocenters. The van der Waals surface area contributed by atoms with Crippen molar-refractivity contribution in [2.24, 2.45) is 11.1 Å². The Morgan fingerprint density at radius 3 is 2.56 bits per heavy atom. The molecule has 3 N–H and O–H groups in total. The van der Waals surface area contributed by atoms with Gasteiger partial charge in [0.2, 0.25) is 5.91 Å². The summed E-state index contributed by atoms with van der Waals surface area (Å²) in [6, 6.07) is 0. The van der Waals surface area contributed by atoms with Gasteiger partial charge in [0.15, 0.2) is 0 Å². The molecule has 1 aliphatic carbocycles. The molecule has 102 valence electrons. The number of carbonyl (C=O) groups is 1. The fraction of sp³-hybridized carbons (Fsp3) is 0.833. The fourth-order valence-corrected chi connectivity index (χ4v) is 3.71. The van der Waals surface area contributed by atoms with E-state index in [1.54, 1.807) is 0 Å². The zero-order valence-corrected chi connectivity index (χ0v) is 12.2. The first-order chi connectivity index (χ1) is 8.65. The molecule has 1 heterocycles. The summed E-state index contributed by atoms with van der Waals surface area (Å²) in [5.41, 5.74) is 5.17. The van der Waals surface area contributed by atoms with E-state index in [9.17, 15) is 4.79 Å². The van der Waals surface area contributed by atoms with Crippen molar-refractivity contribution in [1.29, 1.82) is 0 Å². The van der Waals surface area contributed by atoms with Gasteiger partial charge in [-0.05, 0) is 12.8 Å². The Morgan fingerprint density at radius 1 is 1.39 bits per heavy atom. The maximum atomic E-state index is 12.1. The molecule has 2 aliphatic rings. The molecule has 1 amide bonds. The van der Waals surface area contributed by atoms with Crippen LogP contribution in [0.1, 0.15) is 19.3 Å². The molecule has 1 saturated carbocycles. The van der Waals surface area contributed by atoms with Gasteiger partial charge in [0.25, 0.3) is 0 Å². The van der Waals surface area contributed by atoms with Crippen molar-refractivity contribution < 1.29 is 4.79 Å². The van der Waals surface area contributed by atoms with Gasteiger partial charge in [0, 0.05) is 37.7 Å². The van der Waals surface area contributed by atoms with Crippen molar-refractivity contribution in [1.82, 2.24) is 10.2 Å². The number of hydrogen-bond acceptors (Lipinski definition) is 4. The van der Waals surface area contributed by atoms with Gasteiger partial charge in [-0.1, -0.05) is 18.6 Å². The zero-order chi connectivity index (χ0) is 13.0. The lowest BCUT2D eigenvalue weighted by molar-refractivity contribution is -0.130. The SMILES string of the molecule is NC(=S)C1(C(=O)NCCN2CCSCC2)CCC1. The van der Waals surface area contributed by atoms with Crippen LogP contribution in [0.15, 0.2) is 0 Å². The third-order valence-electron chi connectivity index (χ3n) is 3.93. The molecule has 0 atom stereocenters. The fourth-order valence-electron chi connectivity index (χ4n) is 2.44. The Morgan fingerprint density at radius 2 is 2.06 bits per heavy atom. The van der Waals surface area contributed by atoms with Gasteiger partial charge in [-0.25, -0.2) is 0 Å². The minimum atomic E-state index is -0.535. The minimum absolute atomic E-state index is 0.0348. The number of carbonyl (C=O) groups excluding carboxylic acids is 1. The number of hydrogen-bond donors (Lipinski definition) is 2. The Labute approximate surface area is 118 Å². The van der Waals surface area contributed by atoms with Crippen molar-refractivity contribution in [3.8, 4) is 0 Å². The molecule has 6 heteroatoms. The molecular formula is C12H21N3OS2. The van der Waals surface area contributed by atoms with E-state index in [0.29, 0.717) is 11.5 Å². The number of thiocarbonyl (C=S) groups is 1. The van der Waals surface area contributed by atoms with Crippen LogP contribution < -0.4 is 11.1 Å². The van der Waals surface area contributed by atoms with E-state index in [1.165, 1.54) is 11.5 Å². The second-order valence-electron chi connectivity index (χ2n) is 5.01. The molecule has 4 nitrogen and oxygen atoms in total. The highest BCUT2D eigenvalue weighted by Crippen LogP contribution is 2.41. The predicted molar refractivity (Wildman–Crippen MR) is 79.8 cm³/mol. The first-order valence-corrected chi connectivity index (χ1v) is 8.10.